The summed E-state index contributed by atoms with van der Waals surface area (Å²) >= 11 is 1.23. The minimum absolute atomic E-state index is 0.261. The first-order valence-electron chi connectivity index (χ1n) is 10.0. The minimum atomic E-state index is -5.04. The summed E-state index contributed by atoms with van der Waals surface area (Å²) in [5.74, 6) is -0.632. The van der Waals surface area contributed by atoms with Crippen LogP contribution in [-0.4, -0.2) is 18.1 Å². The summed E-state index contributed by atoms with van der Waals surface area (Å²) in [6, 6.07) is 7.31. The van der Waals surface area contributed by atoms with E-state index in [0.717, 1.165) is 28.2 Å². The molecule has 2 atom stereocenters. The lowest BCUT2D eigenvalue weighted by atomic mass is 9.80. The summed E-state index contributed by atoms with van der Waals surface area (Å²) in [7, 11) is 0. The molecule has 3 heterocycles. The lowest BCUT2D eigenvalue weighted by Crippen LogP contribution is -2.66. The molecule has 0 saturated carbocycles. The zero-order valence-corrected chi connectivity index (χ0v) is 17.7. The van der Waals surface area contributed by atoms with Crippen molar-refractivity contribution in [2.45, 2.75) is 37.9 Å². The Morgan fingerprint density at radius 2 is 1.97 bits per heavy atom. The molecule has 0 saturated heterocycles. The quantitative estimate of drug-likeness (QED) is 0.667. The third-order valence-corrected chi connectivity index (χ3v) is 7.47. The molecule has 0 radical (unpaired) electrons. The molecule has 0 bridgehead atoms. The molecule has 32 heavy (non-hydrogen) atoms. The summed E-state index contributed by atoms with van der Waals surface area (Å²) in [6.07, 6.45) is -2.77. The van der Waals surface area contributed by atoms with Crippen molar-refractivity contribution in [3.63, 3.8) is 0 Å². The average molecular weight is 458 g/mol. The highest BCUT2D eigenvalue weighted by atomic mass is 32.1. The number of carbonyl (C=O) groups is 2. The first-order chi connectivity index (χ1) is 15.2. The molecule has 6 nitrogen and oxygen atoms in total. The fraction of sp³-hybridized carbons (Fsp3) is 0.318. The predicted octanol–water partition coefficient (Wildman–Crippen LogP) is 4.34. The lowest BCUT2D eigenvalue weighted by molar-refractivity contribution is -0.185. The van der Waals surface area contributed by atoms with Crippen LogP contribution in [0.5, 0.6) is 0 Å². The van der Waals surface area contributed by atoms with E-state index in [2.05, 4.69) is 17.6 Å². The number of rotatable bonds is 1. The monoisotopic (exact) mass is 458 g/mol. The van der Waals surface area contributed by atoms with Crippen LogP contribution in [0.15, 0.2) is 41.7 Å². The van der Waals surface area contributed by atoms with Gasteiger partial charge in [-0.3, -0.25) is 4.79 Å². The van der Waals surface area contributed by atoms with Gasteiger partial charge >= 0.3 is 12.2 Å². The first-order valence-corrected chi connectivity index (χ1v) is 10.9. The van der Waals surface area contributed by atoms with Crippen LogP contribution in [0.2, 0.25) is 0 Å². The van der Waals surface area contributed by atoms with E-state index in [1.165, 1.54) is 41.7 Å². The Hall–Kier alpha value is -3.32. The van der Waals surface area contributed by atoms with Crippen molar-refractivity contribution in [3.05, 3.63) is 63.3 Å². The molecule has 2 aromatic rings. The van der Waals surface area contributed by atoms with Gasteiger partial charge in [-0.25, -0.2) is 9.69 Å². The highest BCUT2D eigenvalue weighted by Crippen LogP contribution is 2.51. The molecule has 3 amide bonds. The van der Waals surface area contributed by atoms with Crippen LogP contribution in [0, 0.1) is 17.2 Å². The lowest BCUT2D eigenvalue weighted by Gasteiger charge is -2.44. The largest absolute Gasteiger partial charge is 0.421 e. The van der Waals surface area contributed by atoms with Gasteiger partial charge in [0, 0.05) is 4.88 Å². The van der Waals surface area contributed by atoms with Gasteiger partial charge < -0.3 is 10.6 Å². The van der Waals surface area contributed by atoms with Crippen molar-refractivity contribution in [2.24, 2.45) is 5.92 Å². The molecule has 0 spiro atoms. The van der Waals surface area contributed by atoms with Gasteiger partial charge in [0.15, 0.2) is 0 Å². The van der Waals surface area contributed by atoms with Crippen molar-refractivity contribution in [2.75, 3.05) is 4.90 Å². The Morgan fingerprint density at radius 1 is 1.25 bits per heavy atom. The first kappa shape index (κ1) is 20.6. The Bertz CT molecular complexity index is 1230. The van der Waals surface area contributed by atoms with Crippen LogP contribution in [0.3, 0.4) is 0 Å². The average Bonchev–Trinajstić information content (AvgIpc) is 3.12. The third kappa shape index (κ3) is 2.64. The van der Waals surface area contributed by atoms with Crippen molar-refractivity contribution in [1.82, 2.24) is 10.6 Å². The Labute approximate surface area is 185 Å². The molecule has 0 fully saturated rings. The number of amides is 3. The molecular weight excluding hydrogens is 441 g/mol. The van der Waals surface area contributed by atoms with Crippen LogP contribution < -0.4 is 15.5 Å². The molecule has 1 aromatic carbocycles. The second kappa shape index (κ2) is 6.84. The number of hydrogen-bond acceptors (Lipinski definition) is 4. The van der Waals surface area contributed by atoms with E-state index < -0.39 is 35.0 Å². The van der Waals surface area contributed by atoms with Crippen LogP contribution in [0.1, 0.15) is 39.7 Å². The van der Waals surface area contributed by atoms with Crippen molar-refractivity contribution >= 4 is 28.3 Å². The highest BCUT2D eigenvalue weighted by Gasteiger charge is 2.64. The van der Waals surface area contributed by atoms with Crippen LogP contribution in [0.4, 0.5) is 23.0 Å². The maximum Gasteiger partial charge on any atom is 0.421 e. The minimum Gasteiger partial charge on any atom is -0.315 e. The molecular formula is C22H17F3N4O2S. The number of carbonyl (C=O) groups excluding carboxylic acids is 2. The summed E-state index contributed by atoms with van der Waals surface area (Å²) in [4.78, 5) is 28.2. The van der Waals surface area contributed by atoms with Crippen molar-refractivity contribution < 1.29 is 22.8 Å². The summed E-state index contributed by atoms with van der Waals surface area (Å²) < 4.78 is 43.6. The van der Waals surface area contributed by atoms with Gasteiger partial charge in [-0.2, -0.15) is 18.4 Å². The number of anilines is 1. The van der Waals surface area contributed by atoms with Gasteiger partial charge in [0.2, 0.25) is 5.54 Å². The number of alkyl halides is 3. The molecule has 1 aromatic heterocycles. The maximum atomic E-state index is 14.5. The SMILES string of the molecule is C[C@H]1CCc2c(sc3c2C(=O)NC2=C(C#N)[C@](c4ccccc4)(C(F)(F)F)NC(=O)N23)C1. The molecule has 5 rings (SSSR count). The normalized spacial score (nSPS) is 24.7. The number of nitriles is 1. The van der Waals surface area contributed by atoms with Gasteiger partial charge in [-0.15, -0.1) is 11.3 Å². The zero-order valence-electron chi connectivity index (χ0n) is 16.8. The fourth-order valence-electron chi connectivity index (χ4n) is 4.70. The number of benzene rings is 1. The van der Waals surface area contributed by atoms with Gasteiger partial charge in [0.1, 0.15) is 22.5 Å². The van der Waals surface area contributed by atoms with E-state index in [4.69, 9.17) is 0 Å². The van der Waals surface area contributed by atoms with E-state index in [-0.39, 0.29) is 10.6 Å². The van der Waals surface area contributed by atoms with E-state index in [0.29, 0.717) is 17.9 Å². The topological polar surface area (TPSA) is 85.2 Å². The smallest absolute Gasteiger partial charge is 0.315 e. The van der Waals surface area contributed by atoms with E-state index in [9.17, 15) is 28.0 Å². The van der Waals surface area contributed by atoms with Crippen molar-refractivity contribution in [1.29, 1.82) is 5.26 Å². The van der Waals surface area contributed by atoms with Crippen LogP contribution >= 0.6 is 11.3 Å². The molecule has 1 aliphatic carbocycles. The highest BCUT2D eigenvalue weighted by molar-refractivity contribution is 7.17. The van der Waals surface area contributed by atoms with E-state index in [1.54, 1.807) is 6.07 Å². The van der Waals surface area contributed by atoms with E-state index >= 15 is 0 Å². The van der Waals surface area contributed by atoms with Gasteiger partial charge in [0.25, 0.3) is 5.91 Å². The second-order valence-corrected chi connectivity index (χ2v) is 9.28. The van der Waals surface area contributed by atoms with E-state index in [1.807, 2.05) is 0 Å². The Morgan fingerprint density at radius 3 is 2.62 bits per heavy atom. The molecule has 2 aliphatic heterocycles. The molecule has 164 valence electrons. The Kier molecular flexibility index (Phi) is 4.40. The number of thiophene rings is 1. The molecule has 0 unspecified atom stereocenters. The number of nitrogens with one attached hydrogen (secondary N) is 2. The standard InChI is InChI=1S/C22H17F3N4O2S/c1-11-7-8-13-15(9-11)32-19-16(13)18(30)27-17-14(10-26)21(22(23,24)25,28-20(31)29(17)19)12-5-3-2-4-6-12/h2-6,11H,7-9H2,1H3,(H,27,30)(H,28,31)/t11-,21+/m0/s1. The number of nitrogens with zero attached hydrogens (tertiary/aromatic N) is 2. The molecule has 10 heteroatoms. The number of hydrogen-bond donors (Lipinski definition) is 2. The van der Waals surface area contributed by atoms with Crippen LogP contribution in [0.25, 0.3) is 0 Å². The number of halogens is 3. The third-order valence-electron chi connectivity index (χ3n) is 6.23. The zero-order chi connectivity index (χ0) is 22.8. The van der Waals surface area contributed by atoms with Gasteiger partial charge in [0.05, 0.1) is 5.56 Å². The maximum absolute atomic E-state index is 14.5. The number of fused-ring (bicyclic) bond motifs is 5. The second-order valence-electron chi connectivity index (χ2n) is 8.20. The van der Waals surface area contributed by atoms with Crippen LogP contribution in [-0.2, 0) is 18.4 Å². The van der Waals surface area contributed by atoms with Gasteiger partial charge in [-0.1, -0.05) is 37.3 Å². The summed E-state index contributed by atoms with van der Waals surface area (Å²) in [5, 5.41) is 14.6. The fourth-order valence-corrected chi connectivity index (χ4v) is 6.21. The summed E-state index contributed by atoms with van der Waals surface area (Å²) in [5.41, 5.74) is -3.03. The number of urea groups is 1. The van der Waals surface area contributed by atoms with Gasteiger partial charge in [-0.05, 0) is 36.3 Å². The van der Waals surface area contributed by atoms with Crippen molar-refractivity contribution in [3.8, 4) is 6.07 Å². The Balaban J connectivity index is 1.78. The predicted molar refractivity (Wildman–Crippen MR) is 111 cm³/mol. The molecule has 3 aliphatic rings. The molecule has 2 N–H and O–H groups in total. The summed E-state index contributed by atoms with van der Waals surface area (Å²) in [6.45, 7) is 2.09.